The van der Waals surface area contributed by atoms with E-state index >= 15 is 0 Å². The van der Waals surface area contributed by atoms with E-state index < -0.39 is 0 Å². The van der Waals surface area contributed by atoms with Crippen LogP contribution < -0.4 is 20.5 Å². The highest BCUT2D eigenvalue weighted by molar-refractivity contribution is 7.16. The Balaban J connectivity index is 2.01. The van der Waals surface area contributed by atoms with Gasteiger partial charge < -0.3 is 20.5 Å². The van der Waals surface area contributed by atoms with Gasteiger partial charge in [-0.15, -0.1) is 0 Å². The molecule has 0 aliphatic carbocycles. The maximum atomic E-state index is 11.9. The van der Waals surface area contributed by atoms with Gasteiger partial charge in [0.15, 0.2) is 16.6 Å². The molecule has 1 aromatic carbocycles. The molecule has 2 aromatic rings. The van der Waals surface area contributed by atoms with Crippen molar-refractivity contribution in [2.45, 2.75) is 12.3 Å². The SMILES string of the molecule is C=CCOc1cc([C@H]2CC(=O)Nc3nc(N)sc32)ccc1OC. The molecule has 120 valence electrons. The van der Waals surface area contributed by atoms with Crippen LogP contribution in [0.2, 0.25) is 0 Å². The van der Waals surface area contributed by atoms with Crippen LogP contribution in [0, 0.1) is 0 Å². The third kappa shape index (κ3) is 3.00. The number of rotatable bonds is 5. The lowest BCUT2D eigenvalue weighted by molar-refractivity contribution is -0.116. The van der Waals surface area contributed by atoms with Crippen LogP contribution in [-0.4, -0.2) is 24.6 Å². The molecule has 1 aromatic heterocycles. The van der Waals surface area contributed by atoms with Gasteiger partial charge in [-0.1, -0.05) is 30.1 Å². The number of hydrogen-bond donors (Lipinski definition) is 2. The number of nitrogen functional groups attached to an aromatic ring is 1. The van der Waals surface area contributed by atoms with E-state index in [2.05, 4.69) is 16.9 Å². The van der Waals surface area contributed by atoms with E-state index in [1.165, 1.54) is 11.3 Å². The normalized spacial score (nSPS) is 16.4. The highest BCUT2D eigenvalue weighted by Crippen LogP contribution is 2.43. The van der Waals surface area contributed by atoms with Crippen molar-refractivity contribution < 1.29 is 14.3 Å². The number of aromatic nitrogens is 1. The molecular formula is C16H17N3O3S. The summed E-state index contributed by atoms with van der Waals surface area (Å²) in [5.74, 6) is 1.65. The number of ether oxygens (including phenoxy) is 2. The zero-order valence-corrected chi connectivity index (χ0v) is 13.5. The topological polar surface area (TPSA) is 86.5 Å². The van der Waals surface area contributed by atoms with E-state index in [9.17, 15) is 4.79 Å². The van der Waals surface area contributed by atoms with Crippen LogP contribution in [0.3, 0.4) is 0 Å². The number of nitrogens with two attached hydrogens (primary N) is 1. The van der Waals surface area contributed by atoms with Gasteiger partial charge in [0.05, 0.1) is 12.0 Å². The number of anilines is 2. The Hall–Kier alpha value is -2.54. The maximum absolute atomic E-state index is 11.9. The molecule has 0 radical (unpaired) electrons. The smallest absolute Gasteiger partial charge is 0.226 e. The Morgan fingerprint density at radius 3 is 3.09 bits per heavy atom. The number of thiazole rings is 1. The fourth-order valence-corrected chi connectivity index (χ4v) is 3.49. The number of benzene rings is 1. The monoisotopic (exact) mass is 331 g/mol. The summed E-state index contributed by atoms with van der Waals surface area (Å²) in [6, 6.07) is 5.66. The molecule has 1 aliphatic heterocycles. The van der Waals surface area contributed by atoms with Gasteiger partial charge in [0.2, 0.25) is 5.91 Å². The second kappa shape index (κ2) is 6.29. The summed E-state index contributed by atoms with van der Waals surface area (Å²) in [4.78, 5) is 17.1. The summed E-state index contributed by atoms with van der Waals surface area (Å²) in [6.07, 6.45) is 2.02. The average Bonchev–Trinajstić information content (AvgIpc) is 2.91. The molecule has 6 nitrogen and oxygen atoms in total. The molecule has 1 amide bonds. The minimum atomic E-state index is -0.0921. The number of nitrogens with zero attached hydrogens (tertiary/aromatic N) is 1. The van der Waals surface area contributed by atoms with Crippen molar-refractivity contribution in [3.05, 3.63) is 41.3 Å². The summed E-state index contributed by atoms with van der Waals surface area (Å²) in [6.45, 7) is 4.03. The molecule has 1 aliphatic rings. The fourth-order valence-electron chi connectivity index (χ4n) is 2.58. The Morgan fingerprint density at radius 1 is 1.52 bits per heavy atom. The molecule has 0 unspecified atom stereocenters. The van der Waals surface area contributed by atoms with Crippen LogP contribution >= 0.6 is 11.3 Å². The number of methoxy groups -OCH3 is 1. The molecule has 0 bridgehead atoms. The van der Waals surface area contributed by atoms with Gasteiger partial charge >= 0.3 is 0 Å². The number of carbonyl (C=O) groups is 1. The van der Waals surface area contributed by atoms with Gasteiger partial charge in [-0.2, -0.15) is 0 Å². The fraction of sp³-hybridized carbons (Fsp3) is 0.250. The van der Waals surface area contributed by atoms with E-state index in [0.29, 0.717) is 35.5 Å². The highest BCUT2D eigenvalue weighted by Gasteiger charge is 2.30. The second-order valence-electron chi connectivity index (χ2n) is 5.08. The first kappa shape index (κ1) is 15.4. The van der Waals surface area contributed by atoms with Gasteiger partial charge in [-0.05, 0) is 17.7 Å². The molecular weight excluding hydrogens is 314 g/mol. The molecule has 0 saturated heterocycles. The first-order valence-corrected chi connectivity index (χ1v) is 7.91. The number of amides is 1. The molecule has 0 fully saturated rings. The standard InChI is InChI=1S/C16H17N3O3S/c1-3-6-22-12-7-9(4-5-11(12)21-2)10-8-13(20)18-15-14(10)23-16(17)19-15/h3-5,7,10H,1,6,8H2,2H3,(H2,17,19)(H,18,20)/t10-/m1/s1. The molecule has 23 heavy (non-hydrogen) atoms. The molecule has 2 heterocycles. The Morgan fingerprint density at radius 2 is 2.35 bits per heavy atom. The average molecular weight is 331 g/mol. The van der Waals surface area contributed by atoms with Crippen LogP contribution in [-0.2, 0) is 4.79 Å². The minimum absolute atomic E-state index is 0.0721. The molecule has 7 heteroatoms. The van der Waals surface area contributed by atoms with Gasteiger partial charge in [-0.25, -0.2) is 4.98 Å². The zero-order valence-electron chi connectivity index (χ0n) is 12.7. The van der Waals surface area contributed by atoms with Gasteiger partial charge in [-0.3, -0.25) is 4.79 Å². The van der Waals surface area contributed by atoms with Crippen LogP contribution in [0.15, 0.2) is 30.9 Å². The summed E-state index contributed by atoms with van der Waals surface area (Å²) in [5.41, 5.74) is 6.75. The Kier molecular flexibility index (Phi) is 4.20. The Labute approximate surface area is 137 Å². The third-order valence-corrected chi connectivity index (χ3v) is 4.58. The molecule has 0 spiro atoms. The van der Waals surface area contributed by atoms with Gasteiger partial charge in [0.25, 0.3) is 0 Å². The second-order valence-corrected chi connectivity index (χ2v) is 6.14. The highest BCUT2D eigenvalue weighted by atomic mass is 32.1. The van der Waals surface area contributed by atoms with Gasteiger partial charge in [0, 0.05) is 12.3 Å². The molecule has 3 rings (SSSR count). The van der Waals surface area contributed by atoms with E-state index in [1.54, 1.807) is 13.2 Å². The number of carbonyl (C=O) groups excluding carboxylic acids is 1. The van der Waals surface area contributed by atoms with Crippen molar-refractivity contribution in [1.82, 2.24) is 4.98 Å². The third-order valence-electron chi connectivity index (χ3n) is 3.58. The van der Waals surface area contributed by atoms with Gasteiger partial charge in [0.1, 0.15) is 12.4 Å². The van der Waals surface area contributed by atoms with Crippen molar-refractivity contribution in [3.8, 4) is 11.5 Å². The number of nitrogens with one attached hydrogen (secondary N) is 1. The van der Waals surface area contributed by atoms with E-state index in [0.717, 1.165) is 10.4 Å². The lowest BCUT2D eigenvalue weighted by atomic mass is 9.91. The summed E-state index contributed by atoms with van der Waals surface area (Å²) >= 11 is 1.39. The first-order valence-electron chi connectivity index (χ1n) is 7.10. The number of fused-ring (bicyclic) bond motifs is 1. The van der Waals surface area contributed by atoms with Crippen molar-refractivity contribution in [2.24, 2.45) is 0 Å². The van der Waals surface area contributed by atoms with Crippen LogP contribution in [0.4, 0.5) is 10.9 Å². The summed E-state index contributed by atoms with van der Waals surface area (Å²) < 4.78 is 11.0. The minimum Gasteiger partial charge on any atom is -0.493 e. The quantitative estimate of drug-likeness (QED) is 0.823. The largest absolute Gasteiger partial charge is 0.493 e. The van der Waals surface area contributed by atoms with Crippen molar-refractivity contribution in [1.29, 1.82) is 0 Å². The first-order chi connectivity index (χ1) is 11.1. The lowest BCUT2D eigenvalue weighted by Crippen LogP contribution is -2.22. The lowest BCUT2D eigenvalue weighted by Gasteiger charge is -2.22. The van der Waals surface area contributed by atoms with E-state index in [1.807, 2.05) is 18.2 Å². The Bertz CT molecular complexity index is 757. The predicted molar refractivity (Wildman–Crippen MR) is 90.3 cm³/mol. The van der Waals surface area contributed by atoms with Crippen LogP contribution in [0.5, 0.6) is 11.5 Å². The molecule has 3 N–H and O–H groups in total. The molecule has 0 saturated carbocycles. The summed E-state index contributed by atoms with van der Waals surface area (Å²) in [5, 5.41) is 3.21. The van der Waals surface area contributed by atoms with Crippen LogP contribution in [0.25, 0.3) is 0 Å². The van der Waals surface area contributed by atoms with E-state index in [-0.39, 0.29) is 11.8 Å². The van der Waals surface area contributed by atoms with Crippen molar-refractivity contribution in [3.63, 3.8) is 0 Å². The maximum Gasteiger partial charge on any atom is 0.226 e. The molecule has 1 atom stereocenters. The van der Waals surface area contributed by atoms with Crippen molar-refractivity contribution in [2.75, 3.05) is 24.8 Å². The predicted octanol–water partition coefficient (Wildman–Crippen LogP) is 2.77. The summed E-state index contributed by atoms with van der Waals surface area (Å²) in [7, 11) is 1.59. The van der Waals surface area contributed by atoms with Crippen molar-refractivity contribution >= 4 is 28.2 Å². The van der Waals surface area contributed by atoms with E-state index in [4.69, 9.17) is 15.2 Å². The number of hydrogen-bond acceptors (Lipinski definition) is 6. The zero-order chi connectivity index (χ0) is 16.4. The van der Waals surface area contributed by atoms with Crippen LogP contribution in [0.1, 0.15) is 22.8 Å².